The van der Waals surface area contributed by atoms with Crippen LogP contribution in [-0.4, -0.2) is 87.4 Å². The van der Waals surface area contributed by atoms with Crippen molar-refractivity contribution in [3.63, 3.8) is 0 Å². The Balaban J connectivity index is 4.11. The Morgan fingerprint density at radius 1 is 0.369 bits per heavy atom. The highest BCUT2D eigenvalue weighted by Gasteiger charge is 2.25. The van der Waals surface area contributed by atoms with Crippen molar-refractivity contribution in [1.29, 1.82) is 0 Å². The zero-order chi connectivity index (χ0) is 61.2. The van der Waals surface area contributed by atoms with Gasteiger partial charge in [-0.3, -0.25) is 9.59 Å². The Morgan fingerprint density at radius 3 is 1.01 bits per heavy atom. The number of carboxylic acids is 1. The van der Waals surface area contributed by atoms with Crippen molar-refractivity contribution >= 4 is 17.9 Å². The molecular formula is C75H126NO8+. The molecule has 0 aliphatic rings. The van der Waals surface area contributed by atoms with Crippen LogP contribution in [0.3, 0.4) is 0 Å². The molecule has 0 saturated heterocycles. The van der Waals surface area contributed by atoms with Crippen molar-refractivity contribution < 1.29 is 42.9 Å². The predicted molar refractivity (Wildman–Crippen MR) is 359 cm³/mol. The summed E-state index contributed by atoms with van der Waals surface area (Å²) in [4.78, 5) is 37.5. The third-order valence-electron chi connectivity index (χ3n) is 14.1. The molecule has 84 heavy (non-hydrogen) atoms. The van der Waals surface area contributed by atoms with E-state index in [1.807, 2.05) is 21.1 Å². The van der Waals surface area contributed by atoms with Crippen LogP contribution in [0.25, 0.3) is 0 Å². The first-order chi connectivity index (χ1) is 41.1. The second kappa shape index (κ2) is 64.4. The van der Waals surface area contributed by atoms with Crippen LogP contribution in [0.15, 0.2) is 134 Å². The maximum atomic E-state index is 12.9. The van der Waals surface area contributed by atoms with Gasteiger partial charge in [0.1, 0.15) is 13.2 Å². The summed E-state index contributed by atoms with van der Waals surface area (Å²) < 4.78 is 22.9. The Morgan fingerprint density at radius 2 is 0.679 bits per heavy atom. The summed E-state index contributed by atoms with van der Waals surface area (Å²) in [5.74, 6) is -2.02. The number of allylic oxidation sites excluding steroid dienone is 22. The smallest absolute Gasteiger partial charge is 0.361 e. The van der Waals surface area contributed by atoms with Crippen molar-refractivity contribution in [2.75, 3.05) is 47.5 Å². The van der Waals surface area contributed by atoms with Gasteiger partial charge in [-0.1, -0.05) is 270 Å². The third kappa shape index (κ3) is 65.0. The number of carbonyl (C=O) groups excluding carboxylic acids is 2. The van der Waals surface area contributed by atoms with E-state index in [2.05, 4.69) is 148 Å². The fourth-order valence-electron chi connectivity index (χ4n) is 8.98. The van der Waals surface area contributed by atoms with Crippen LogP contribution >= 0.6 is 0 Å². The van der Waals surface area contributed by atoms with E-state index < -0.39 is 24.3 Å². The van der Waals surface area contributed by atoms with Crippen LogP contribution < -0.4 is 0 Å². The van der Waals surface area contributed by atoms with E-state index in [0.29, 0.717) is 17.4 Å². The van der Waals surface area contributed by atoms with E-state index >= 15 is 0 Å². The van der Waals surface area contributed by atoms with Gasteiger partial charge in [0.25, 0.3) is 6.29 Å². The van der Waals surface area contributed by atoms with Crippen LogP contribution in [0.1, 0.15) is 264 Å². The molecule has 0 radical (unpaired) electrons. The topological polar surface area (TPSA) is 108 Å². The Hall–Kier alpha value is -4.57. The molecule has 0 aromatic heterocycles. The second-order valence-electron chi connectivity index (χ2n) is 23.4. The second-order valence-corrected chi connectivity index (χ2v) is 23.4. The van der Waals surface area contributed by atoms with Gasteiger partial charge in [-0.25, -0.2) is 4.79 Å². The molecule has 0 fully saturated rings. The molecule has 0 amide bonds. The highest BCUT2D eigenvalue weighted by molar-refractivity contribution is 5.71. The van der Waals surface area contributed by atoms with Gasteiger partial charge < -0.3 is 28.5 Å². The van der Waals surface area contributed by atoms with E-state index in [-0.39, 0.29) is 38.6 Å². The minimum Gasteiger partial charge on any atom is -0.477 e. The summed E-state index contributed by atoms with van der Waals surface area (Å²) in [6.07, 6.45) is 89.8. The molecule has 478 valence electrons. The number of unbranched alkanes of at least 4 members (excludes halogenated alkanes) is 24. The number of carbonyl (C=O) groups is 3. The van der Waals surface area contributed by atoms with Crippen molar-refractivity contribution in [1.82, 2.24) is 0 Å². The molecule has 0 aromatic carbocycles. The first-order valence-electron chi connectivity index (χ1n) is 33.8. The van der Waals surface area contributed by atoms with Gasteiger partial charge in [0.15, 0.2) is 6.10 Å². The molecule has 0 heterocycles. The zero-order valence-corrected chi connectivity index (χ0v) is 54.5. The average molecular weight is 1170 g/mol. The quantitative estimate of drug-likeness (QED) is 0.0211. The number of ether oxygens (including phenoxy) is 4. The monoisotopic (exact) mass is 1170 g/mol. The molecule has 0 aliphatic carbocycles. The normalized spacial score (nSPS) is 13.6. The summed E-state index contributed by atoms with van der Waals surface area (Å²) in [5, 5.41) is 9.73. The molecule has 0 aromatic rings. The molecule has 9 heteroatoms. The van der Waals surface area contributed by atoms with Crippen LogP contribution in [0, 0.1) is 0 Å². The van der Waals surface area contributed by atoms with Crippen LogP contribution in [0.5, 0.6) is 0 Å². The van der Waals surface area contributed by atoms with Gasteiger partial charge in [-0.15, -0.1) is 0 Å². The lowest BCUT2D eigenvalue weighted by atomic mass is 10.0. The lowest BCUT2D eigenvalue weighted by molar-refractivity contribution is -0.870. The lowest BCUT2D eigenvalue weighted by Crippen LogP contribution is -2.40. The van der Waals surface area contributed by atoms with E-state index in [0.717, 1.165) is 116 Å². The molecule has 0 saturated carbocycles. The number of likely N-dealkylation sites (N-methyl/N-ethyl adjacent to an activating group) is 1. The molecule has 1 N–H and O–H groups in total. The number of rotatable bonds is 61. The lowest BCUT2D eigenvalue weighted by Gasteiger charge is -2.25. The van der Waals surface area contributed by atoms with E-state index in [4.69, 9.17) is 18.9 Å². The van der Waals surface area contributed by atoms with Gasteiger partial charge in [-0.05, 0) is 116 Å². The zero-order valence-electron chi connectivity index (χ0n) is 54.5. The van der Waals surface area contributed by atoms with Crippen molar-refractivity contribution in [3.8, 4) is 0 Å². The fourth-order valence-corrected chi connectivity index (χ4v) is 8.98. The number of hydrogen-bond donors (Lipinski definition) is 1. The van der Waals surface area contributed by atoms with E-state index in [1.54, 1.807) is 0 Å². The molecule has 0 spiro atoms. The molecule has 2 atom stereocenters. The largest absolute Gasteiger partial charge is 0.477 e. The SMILES string of the molecule is CC/C=C\C/C=C\C/C=C\C/C=C\C/C=C\C/C=C\C/C=C\C/C=C\C/C=C\CCCCCCCCCCCCCCCC(=O)OC(COC(=O)CCCCCCCCC/C=C\C/C=C\CCCCCC)COC(OCC[N+](C)(C)C)C(=O)O. The number of aliphatic carboxylic acids is 1. The minimum absolute atomic E-state index is 0.181. The number of hydrogen-bond acceptors (Lipinski definition) is 7. The summed E-state index contributed by atoms with van der Waals surface area (Å²) in [6, 6.07) is 0. The maximum absolute atomic E-state index is 12.9. The van der Waals surface area contributed by atoms with Crippen LogP contribution in [0.2, 0.25) is 0 Å². The Kier molecular flexibility index (Phi) is 60.9. The van der Waals surface area contributed by atoms with Crippen molar-refractivity contribution in [2.24, 2.45) is 0 Å². The van der Waals surface area contributed by atoms with Gasteiger partial charge in [-0.2, -0.15) is 0 Å². The van der Waals surface area contributed by atoms with E-state index in [9.17, 15) is 19.5 Å². The third-order valence-corrected chi connectivity index (χ3v) is 14.1. The molecule has 0 rings (SSSR count). The summed E-state index contributed by atoms with van der Waals surface area (Å²) in [5.41, 5.74) is 0. The molecule has 2 unspecified atom stereocenters. The first kappa shape index (κ1) is 79.4. The molecule has 0 aliphatic heterocycles. The van der Waals surface area contributed by atoms with Gasteiger partial charge in [0.05, 0.1) is 34.4 Å². The maximum Gasteiger partial charge on any atom is 0.361 e. The number of nitrogens with zero attached hydrogens (tertiary/aromatic N) is 1. The predicted octanol–water partition coefficient (Wildman–Crippen LogP) is 21.0. The summed E-state index contributed by atoms with van der Waals surface area (Å²) >= 11 is 0. The summed E-state index contributed by atoms with van der Waals surface area (Å²) in [6.45, 7) is 4.74. The van der Waals surface area contributed by atoms with Gasteiger partial charge in [0.2, 0.25) is 0 Å². The Labute approximate surface area is 516 Å². The van der Waals surface area contributed by atoms with Gasteiger partial charge in [0, 0.05) is 12.8 Å². The number of carboxylic acid groups (broad SMARTS) is 1. The Bertz CT molecular complexity index is 1840. The highest BCUT2D eigenvalue weighted by Crippen LogP contribution is 2.16. The average Bonchev–Trinajstić information content (AvgIpc) is 3.52. The van der Waals surface area contributed by atoms with Gasteiger partial charge >= 0.3 is 17.9 Å². The van der Waals surface area contributed by atoms with Crippen molar-refractivity contribution in [3.05, 3.63) is 134 Å². The first-order valence-corrected chi connectivity index (χ1v) is 33.8. The molecule has 0 bridgehead atoms. The number of esters is 2. The van der Waals surface area contributed by atoms with Crippen LogP contribution in [-0.2, 0) is 33.3 Å². The standard InChI is InChI=1S/C75H125NO8/c1-6-8-10-12-14-16-18-20-22-24-26-27-28-29-30-31-32-33-34-35-36-37-38-39-40-41-42-43-44-45-46-47-48-50-52-54-56-58-60-62-64-66-73(78)84-71(70-83-75(74(79)80)81-68-67-76(3,4)5)69-82-72(77)65-63-61-59-57-55-53-51-49-25-23-21-19-17-15-13-11-9-7-2/h8,10,14,16-17,19-20,22-23,25-27,29-30,32-33,35-36,38-39,41-42,71,75H,6-7,9,11-13,15,18,21,24,28,31,34,37,40,43-70H2,1-5H3/p+1/b10-8-,16-14-,19-17-,22-20-,25-23-,27-26-,30-29-,33-32-,36-35-,39-38-,42-41-. The summed E-state index contributed by atoms with van der Waals surface area (Å²) in [7, 11) is 5.97. The van der Waals surface area contributed by atoms with Crippen molar-refractivity contribution in [2.45, 2.75) is 277 Å². The molecule has 9 nitrogen and oxygen atoms in total. The minimum atomic E-state index is -1.52. The van der Waals surface area contributed by atoms with Crippen LogP contribution in [0.4, 0.5) is 0 Å². The highest BCUT2D eigenvalue weighted by atomic mass is 16.7. The molecular weight excluding hydrogens is 1040 g/mol. The van der Waals surface area contributed by atoms with E-state index in [1.165, 1.54) is 116 Å². The number of quaternary nitrogens is 1. The fraction of sp³-hybridized carbons (Fsp3) is 0.667.